The van der Waals surface area contributed by atoms with E-state index in [0.29, 0.717) is 59.6 Å². The van der Waals surface area contributed by atoms with Crippen molar-refractivity contribution in [3.63, 3.8) is 0 Å². The summed E-state index contributed by atoms with van der Waals surface area (Å²) in [6.45, 7) is 6.21. The lowest BCUT2D eigenvalue weighted by Crippen LogP contribution is -2.63. The highest BCUT2D eigenvalue weighted by Gasteiger charge is 2.63. The van der Waals surface area contributed by atoms with Crippen molar-refractivity contribution in [3.05, 3.63) is 41.8 Å². The molecular formula is C45H60N8O9S2. The summed E-state index contributed by atoms with van der Waals surface area (Å²) in [6, 6.07) is 5.34. The molecule has 2 aromatic heterocycles. The lowest BCUT2D eigenvalue weighted by molar-refractivity contribution is -0.149. The molecule has 0 spiro atoms. The number of methoxy groups -OCH3 is 1. The van der Waals surface area contributed by atoms with Gasteiger partial charge in [-0.2, -0.15) is 4.31 Å². The minimum absolute atomic E-state index is 0.0161. The number of carbonyl (C=O) groups excluding carboxylic acids is 3. The van der Waals surface area contributed by atoms with Crippen LogP contribution in [0.4, 0.5) is 9.93 Å². The third kappa shape index (κ3) is 9.80. The van der Waals surface area contributed by atoms with E-state index in [1.165, 1.54) is 20.5 Å². The van der Waals surface area contributed by atoms with Crippen LogP contribution in [0.2, 0.25) is 0 Å². The number of nitrogens with one attached hydrogen (secondary N) is 4. The molecule has 5 N–H and O–H groups in total. The van der Waals surface area contributed by atoms with Crippen molar-refractivity contribution in [2.45, 2.75) is 127 Å². The molecule has 1 aromatic carbocycles. The highest BCUT2D eigenvalue weighted by Crippen LogP contribution is 2.47. The number of thiazole rings is 1. The van der Waals surface area contributed by atoms with Crippen molar-refractivity contribution < 1.29 is 42.2 Å². The maximum atomic E-state index is 15.1. The van der Waals surface area contributed by atoms with Crippen LogP contribution in [0.1, 0.15) is 91.4 Å². The number of sulfonamides is 1. The van der Waals surface area contributed by atoms with Gasteiger partial charge in [0.1, 0.15) is 40.4 Å². The van der Waals surface area contributed by atoms with Crippen molar-refractivity contribution in [2.24, 2.45) is 11.8 Å². The van der Waals surface area contributed by atoms with Crippen LogP contribution >= 0.6 is 11.3 Å². The molecule has 8 rings (SSSR count). The van der Waals surface area contributed by atoms with Gasteiger partial charge in [-0.3, -0.25) is 9.59 Å². The topological polar surface area (TPSA) is 221 Å². The Morgan fingerprint density at radius 2 is 1.86 bits per heavy atom. The molecule has 3 aromatic rings. The van der Waals surface area contributed by atoms with Crippen LogP contribution < -0.4 is 30.7 Å². The lowest BCUT2D eigenvalue weighted by atomic mass is 9.94. The van der Waals surface area contributed by atoms with Crippen molar-refractivity contribution in [1.82, 2.24) is 35.1 Å². The predicted octanol–water partition coefficient (Wildman–Crippen LogP) is 5.28. The van der Waals surface area contributed by atoms with E-state index < -0.39 is 69.0 Å². The molecule has 2 saturated carbocycles. The minimum Gasteiger partial charge on any atom is -0.497 e. The third-order valence-electron chi connectivity index (χ3n) is 13.2. The van der Waals surface area contributed by atoms with Gasteiger partial charge in [0.2, 0.25) is 21.8 Å². The monoisotopic (exact) mass is 920 g/mol. The molecule has 4 unspecified atom stereocenters. The van der Waals surface area contributed by atoms with Gasteiger partial charge < -0.3 is 40.7 Å². The van der Waals surface area contributed by atoms with E-state index in [2.05, 4.69) is 21.3 Å². The number of urea groups is 1. The van der Waals surface area contributed by atoms with Crippen LogP contribution in [0, 0.1) is 11.8 Å². The number of anilines is 1. The Hall–Kier alpha value is -5.01. The second-order valence-corrected chi connectivity index (χ2v) is 21.4. The van der Waals surface area contributed by atoms with Gasteiger partial charge in [-0.1, -0.05) is 25.0 Å². The molecular weight excluding hydrogens is 861 g/mol. The summed E-state index contributed by atoms with van der Waals surface area (Å²) in [6.07, 6.45) is 9.53. The number of aliphatic carboxylic acids is 1. The summed E-state index contributed by atoms with van der Waals surface area (Å²) in [4.78, 5) is 67.7. The van der Waals surface area contributed by atoms with Crippen molar-refractivity contribution in [2.75, 3.05) is 37.8 Å². The zero-order chi connectivity index (χ0) is 45.4. The van der Waals surface area contributed by atoms with E-state index in [9.17, 15) is 27.9 Å². The van der Waals surface area contributed by atoms with E-state index in [0.717, 1.165) is 37.2 Å². The number of aromatic nitrogens is 2. The summed E-state index contributed by atoms with van der Waals surface area (Å²) in [5, 5.41) is 25.9. The summed E-state index contributed by atoms with van der Waals surface area (Å²) in [7, 11) is -1.86. The van der Waals surface area contributed by atoms with E-state index in [4.69, 9.17) is 19.4 Å². The molecule has 6 atom stereocenters. The fourth-order valence-electron chi connectivity index (χ4n) is 9.31. The van der Waals surface area contributed by atoms with E-state index in [1.807, 2.05) is 37.4 Å². The smallest absolute Gasteiger partial charge is 0.330 e. The van der Waals surface area contributed by atoms with Crippen molar-refractivity contribution >= 4 is 61.2 Å². The summed E-state index contributed by atoms with van der Waals surface area (Å²) in [5.74, 6) is -1.43. The SMILES string of the molecule is COc1ccc2c(OC3CN4C(=O)[C@@H](NC(=O)NC(CN5CCCCS5(=O)=O)C5CC5)CCCCC/C=C\C5C[C@@]5(C(=O)O)NC(=O)C4(C)C3)cc(-c3csc(NC(C)C)n3)nc2c1. The zero-order valence-electron chi connectivity index (χ0n) is 36.9. The van der Waals surface area contributed by atoms with Crippen LogP contribution in [0.5, 0.6) is 11.5 Å². The number of hydrogen-bond acceptors (Lipinski definition) is 12. The number of ether oxygens (including phenoxy) is 2. The first kappa shape index (κ1) is 45.6. The van der Waals surface area contributed by atoms with E-state index in [1.54, 1.807) is 32.2 Å². The number of fused-ring (bicyclic) bond motifs is 3. The number of amides is 4. The Bertz CT molecular complexity index is 2410. The van der Waals surface area contributed by atoms with Gasteiger partial charge in [-0.05, 0) is 90.2 Å². The standard InChI is InChI=1S/C45H60N8O9S2/c1-27(2)46-43-50-37(26-63-43)35-21-38(32-17-16-30(61-4)20-34(32)47-35)62-31-23-44(3)40(55)51-45(41(56)57)22-29(45)12-8-6-5-7-9-13-33(39(54)53(44)24-31)48-42(58)49-36(28-14-15-28)25-52-18-10-11-19-64(52,59)60/h8,12,16-17,20-21,26-29,31,33,36H,5-7,9-11,13-15,18-19,22-25H2,1-4H3,(H,46,50)(H,51,55)(H,56,57)(H2,48,49,58)/b12-8-/t29?,31?,33-,36?,44?,45+/m0/s1. The Labute approximate surface area is 378 Å². The first-order chi connectivity index (χ1) is 30.6. The molecule has 5 heterocycles. The molecule has 19 heteroatoms. The Kier molecular flexibility index (Phi) is 13.1. The second kappa shape index (κ2) is 18.5. The van der Waals surface area contributed by atoms with Crippen molar-refractivity contribution in [3.8, 4) is 22.9 Å². The Morgan fingerprint density at radius 3 is 2.59 bits per heavy atom. The average molecular weight is 921 g/mol. The molecule has 2 saturated heterocycles. The molecule has 3 aliphatic heterocycles. The van der Waals surface area contributed by atoms with Gasteiger partial charge in [0.25, 0.3) is 0 Å². The van der Waals surface area contributed by atoms with Crippen LogP contribution in [0.25, 0.3) is 22.3 Å². The number of rotatable bonds is 12. The molecule has 0 bridgehead atoms. The minimum atomic E-state index is -3.43. The molecule has 17 nitrogen and oxygen atoms in total. The number of carboxylic acids is 1. The molecule has 2 aliphatic carbocycles. The highest BCUT2D eigenvalue weighted by atomic mass is 32.2. The average Bonchev–Trinajstić information content (AvgIpc) is 4.14. The van der Waals surface area contributed by atoms with E-state index in [-0.39, 0.29) is 50.1 Å². The zero-order valence-corrected chi connectivity index (χ0v) is 38.6. The van der Waals surface area contributed by atoms with E-state index >= 15 is 4.79 Å². The van der Waals surface area contributed by atoms with Gasteiger partial charge in [-0.25, -0.2) is 28.0 Å². The fraction of sp³-hybridized carbons (Fsp3) is 0.600. The number of carboxylic acid groups (broad SMARTS) is 1. The maximum Gasteiger partial charge on any atom is 0.330 e. The molecule has 346 valence electrons. The molecule has 4 amide bonds. The molecule has 64 heavy (non-hydrogen) atoms. The Balaban J connectivity index is 1.10. The first-order valence-electron chi connectivity index (χ1n) is 22.6. The number of pyridine rings is 1. The summed E-state index contributed by atoms with van der Waals surface area (Å²) < 4.78 is 39.6. The third-order valence-corrected chi connectivity index (χ3v) is 15.9. The van der Waals surface area contributed by atoms with Gasteiger partial charge in [0, 0.05) is 60.4 Å². The lowest BCUT2D eigenvalue weighted by Gasteiger charge is -2.37. The quantitative estimate of drug-likeness (QED) is 0.147. The normalized spacial score (nSPS) is 28.5. The van der Waals surface area contributed by atoms with Crippen LogP contribution in [-0.2, 0) is 24.4 Å². The maximum absolute atomic E-state index is 15.1. The van der Waals surface area contributed by atoms with Gasteiger partial charge in [0.15, 0.2) is 5.13 Å². The highest BCUT2D eigenvalue weighted by molar-refractivity contribution is 7.89. The van der Waals surface area contributed by atoms with Crippen LogP contribution in [0.3, 0.4) is 0 Å². The van der Waals surface area contributed by atoms with Gasteiger partial charge in [0.05, 0.1) is 30.6 Å². The van der Waals surface area contributed by atoms with Crippen LogP contribution in [-0.4, -0.2) is 124 Å². The molecule has 0 radical (unpaired) electrons. The number of nitrogens with zero attached hydrogens (tertiary/aromatic N) is 4. The Morgan fingerprint density at radius 1 is 1.05 bits per heavy atom. The van der Waals surface area contributed by atoms with Gasteiger partial charge in [-0.15, -0.1) is 11.3 Å². The largest absolute Gasteiger partial charge is 0.497 e. The molecule has 5 aliphatic rings. The first-order valence-corrected chi connectivity index (χ1v) is 25.0. The number of carbonyl (C=O) groups is 4. The predicted molar refractivity (Wildman–Crippen MR) is 243 cm³/mol. The van der Waals surface area contributed by atoms with Gasteiger partial charge >= 0.3 is 12.0 Å². The number of allylic oxidation sites excluding steroid dienone is 1. The second-order valence-electron chi connectivity index (χ2n) is 18.5. The summed E-state index contributed by atoms with van der Waals surface area (Å²) in [5.41, 5.74) is -1.35. The van der Waals surface area contributed by atoms with Crippen molar-refractivity contribution in [1.29, 1.82) is 0 Å². The number of hydrogen-bond donors (Lipinski definition) is 5. The molecule has 4 fully saturated rings. The van der Waals surface area contributed by atoms with Crippen LogP contribution in [0.15, 0.2) is 41.8 Å². The fourth-order valence-corrected chi connectivity index (χ4v) is 11.8. The number of benzene rings is 1. The summed E-state index contributed by atoms with van der Waals surface area (Å²) >= 11 is 1.45.